The van der Waals surface area contributed by atoms with Gasteiger partial charge in [0.2, 0.25) is 5.91 Å². The highest BCUT2D eigenvalue weighted by atomic mass is 32.1. The Morgan fingerprint density at radius 3 is 2.42 bits per heavy atom. The van der Waals surface area contributed by atoms with E-state index in [2.05, 4.69) is 59.7 Å². The normalized spacial score (nSPS) is 22.0. The van der Waals surface area contributed by atoms with Gasteiger partial charge in [0.15, 0.2) is 0 Å². The van der Waals surface area contributed by atoms with Crippen LogP contribution in [0.5, 0.6) is 0 Å². The molecular weight excluding hydrogens is 346 g/mol. The van der Waals surface area contributed by atoms with Gasteiger partial charge in [0, 0.05) is 6.54 Å². The highest BCUT2D eigenvalue weighted by Gasteiger charge is 2.30. The Labute approximate surface area is 159 Å². The van der Waals surface area contributed by atoms with Crippen molar-refractivity contribution in [2.45, 2.75) is 36.4 Å². The maximum Gasteiger partial charge on any atom is 0.237 e. The second kappa shape index (κ2) is 8.68. The summed E-state index contributed by atoms with van der Waals surface area (Å²) in [5.41, 5.74) is 9.36. The van der Waals surface area contributed by atoms with E-state index in [1.165, 1.54) is 5.56 Å². The molecule has 0 aliphatic carbocycles. The predicted molar refractivity (Wildman–Crippen MR) is 107 cm³/mol. The molecule has 3 rings (SSSR count). The largest absolute Gasteiger partial charge is 0.392 e. The molecule has 0 aromatic heterocycles. The number of rotatable bonds is 6. The van der Waals surface area contributed by atoms with Gasteiger partial charge in [-0.25, -0.2) is 0 Å². The summed E-state index contributed by atoms with van der Waals surface area (Å²) in [7, 11) is 0. The van der Waals surface area contributed by atoms with E-state index in [-0.39, 0.29) is 18.0 Å². The molecule has 5 N–H and O–H groups in total. The lowest BCUT2D eigenvalue weighted by Crippen LogP contribution is -2.51. The van der Waals surface area contributed by atoms with E-state index >= 15 is 0 Å². The van der Waals surface area contributed by atoms with Gasteiger partial charge in [0.05, 0.1) is 23.6 Å². The lowest BCUT2D eigenvalue weighted by Gasteiger charge is -2.24. The molecule has 1 heterocycles. The maximum atomic E-state index is 12.4. The minimum absolute atomic E-state index is 0.142. The SMILES string of the molecule is N[C@H](S)[C@H](Cc1ccc(-c2ccccc2)cc1)NC(=O)[C@@H]1C[C@@H](O)CN1. The Hall–Kier alpha value is -1.86. The fourth-order valence-electron chi connectivity index (χ4n) is 3.18. The third-order valence-corrected chi connectivity index (χ3v) is 5.04. The molecule has 1 saturated heterocycles. The molecule has 2 aromatic rings. The first-order valence-electron chi connectivity index (χ1n) is 8.83. The molecule has 26 heavy (non-hydrogen) atoms. The fraction of sp³-hybridized carbons (Fsp3) is 0.350. The van der Waals surface area contributed by atoms with Crippen LogP contribution in [0.3, 0.4) is 0 Å². The van der Waals surface area contributed by atoms with Crippen LogP contribution in [-0.2, 0) is 11.2 Å². The van der Waals surface area contributed by atoms with E-state index in [0.717, 1.165) is 11.1 Å². The van der Waals surface area contributed by atoms with Crippen molar-refractivity contribution >= 4 is 18.5 Å². The van der Waals surface area contributed by atoms with Gasteiger partial charge in [-0.3, -0.25) is 4.79 Å². The Morgan fingerprint density at radius 1 is 1.19 bits per heavy atom. The lowest BCUT2D eigenvalue weighted by atomic mass is 10.0. The number of carbonyl (C=O) groups is 1. The number of hydrogen-bond donors (Lipinski definition) is 5. The molecule has 0 unspecified atom stereocenters. The number of nitrogens with two attached hydrogens (primary N) is 1. The number of aliphatic hydroxyl groups excluding tert-OH is 1. The number of benzene rings is 2. The predicted octanol–water partition coefficient (Wildman–Crippen LogP) is 1.32. The van der Waals surface area contributed by atoms with Crippen molar-refractivity contribution in [3.8, 4) is 11.1 Å². The van der Waals surface area contributed by atoms with Crippen molar-refractivity contribution in [1.29, 1.82) is 0 Å². The van der Waals surface area contributed by atoms with E-state index in [4.69, 9.17) is 5.73 Å². The topological polar surface area (TPSA) is 87.4 Å². The standard InChI is InChI=1S/C20H25N3O2S/c21-19(26)17(23-20(25)18-11-16(24)12-22-18)10-13-6-8-15(9-7-13)14-4-2-1-3-5-14/h1-9,16-19,22,24,26H,10-12,21H2,(H,23,25)/t16-,17+,18+,19-/m1/s1. The van der Waals surface area contributed by atoms with Crippen LogP contribution in [0.1, 0.15) is 12.0 Å². The van der Waals surface area contributed by atoms with Crippen LogP contribution in [0.2, 0.25) is 0 Å². The first-order chi connectivity index (χ1) is 12.5. The molecule has 138 valence electrons. The summed E-state index contributed by atoms with van der Waals surface area (Å²) in [6.45, 7) is 0.441. The lowest BCUT2D eigenvalue weighted by molar-refractivity contribution is -0.123. The summed E-state index contributed by atoms with van der Waals surface area (Å²) in [6, 6.07) is 17.8. The summed E-state index contributed by atoms with van der Waals surface area (Å²) >= 11 is 4.33. The summed E-state index contributed by atoms with van der Waals surface area (Å²) < 4.78 is 0. The summed E-state index contributed by atoms with van der Waals surface area (Å²) in [5.74, 6) is -0.142. The monoisotopic (exact) mass is 371 g/mol. The van der Waals surface area contributed by atoms with E-state index in [9.17, 15) is 9.90 Å². The minimum atomic E-state index is -0.473. The zero-order chi connectivity index (χ0) is 18.5. The van der Waals surface area contributed by atoms with Gasteiger partial charge in [-0.05, 0) is 29.5 Å². The number of thiol groups is 1. The zero-order valence-corrected chi connectivity index (χ0v) is 15.4. The van der Waals surface area contributed by atoms with E-state index < -0.39 is 11.5 Å². The fourth-order valence-corrected chi connectivity index (χ4v) is 3.36. The molecule has 0 spiro atoms. The molecule has 2 aromatic carbocycles. The van der Waals surface area contributed by atoms with Crippen LogP contribution in [0, 0.1) is 0 Å². The second-order valence-corrected chi connectivity index (χ2v) is 7.32. The summed E-state index contributed by atoms with van der Waals surface area (Å²) in [4.78, 5) is 12.4. The molecule has 0 bridgehead atoms. The van der Waals surface area contributed by atoms with Crippen LogP contribution in [0.25, 0.3) is 11.1 Å². The number of aliphatic hydroxyl groups is 1. The molecule has 1 amide bonds. The Bertz CT molecular complexity index is 722. The number of amides is 1. The van der Waals surface area contributed by atoms with Gasteiger partial charge in [-0.15, -0.1) is 0 Å². The third-order valence-electron chi connectivity index (χ3n) is 4.68. The maximum absolute atomic E-state index is 12.4. The number of hydrogen-bond acceptors (Lipinski definition) is 5. The van der Waals surface area contributed by atoms with Crippen LogP contribution in [0.4, 0.5) is 0 Å². The van der Waals surface area contributed by atoms with Crippen LogP contribution in [-0.4, -0.2) is 41.1 Å². The van der Waals surface area contributed by atoms with Gasteiger partial charge in [-0.1, -0.05) is 54.6 Å². The van der Waals surface area contributed by atoms with Gasteiger partial charge < -0.3 is 21.5 Å². The smallest absolute Gasteiger partial charge is 0.237 e. The Kier molecular flexibility index (Phi) is 6.32. The van der Waals surface area contributed by atoms with Crippen molar-refractivity contribution in [2.24, 2.45) is 5.73 Å². The van der Waals surface area contributed by atoms with Crippen LogP contribution >= 0.6 is 12.6 Å². The zero-order valence-electron chi connectivity index (χ0n) is 14.5. The summed E-state index contributed by atoms with van der Waals surface area (Å²) in [5, 5.41) is 15.1. The van der Waals surface area contributed by atoms with Crippen molar-refractivity contribution in [3.63, 3.8) is 0 Å². The van der Waals surface area contributed by atoms with E-state index in [1.54, 1.807) is 0 Å². The number of nitrogens with one attached hydrogen (secondary N) is 2. The molecule has 6 heteroatoms. The van der Waals surface area contributed by atoms with Crippen molar-refractivity contribution in [2.75, 3.05) is 6.54 Å². The number of β-amino-alcohol motifs (C(OH)–C–C–N with tert-alkyl or cyclic N) is 1. The first kappa shape index (κ1) is 18.9. The molecule has 1 aliphatic rings. The summed E-state index contributed by atoms with van der Waals surface area (Å²) in [6.07, 6.45) is 0.548. The quantitative estimate of drug-likeness (QED) is 0.392. The third kappa shape index (κ3) is 4.86. The van der Waals surface area contributed by atoms with Gasteiger partial charge in [-0.2, -0.15) is 12.6 Å². The van der Waals surface area contributed by atoms with Crippen molar-refractivity contribution < 1.29 is 9.90 Å². The van der Waals surface area contributed by atoms with Gasteiger partial charge >= 0.3 is 0 Å². The average molecular weight is 372 g/mol. The van der Waals surface area contributed by atoms with Crippen molar-refractivity contribution in [1.82, 2.24) is 10.6 Å². The Balaban J connectivity index is 1.63. The minimum Gasteiger partial charge on any atom is -0.392 e. The van der Waals surface area contributed by atoms with Crippen LogP contribution < -0.4 is 16.4 Å². The molecule has 4 atom stereocenters. The Morgan fingerprint density at radius 2 is 1.85 bits per heavy atom. The molecule has 0 saturated carbocycles. The molecule has 5 nitrogen and oxygen atoms in total. The molecule has 1 fully saturated rings. The number of carbonyl (C=O) groups excluding carboxylic acids is 1. The van der Waals surface area contributed by atoms with Gasteiger partial charge in [0.1, 0.15) is 0 Å². The first-order valence-corrected chi connectivity index (χ1v) is 9.34. The highest BCUT2D eigenvalue weighted by molar-refractivity contribution is 7.80. The van der Waals surface area contributed by atoms with E-state index in [0.29, 0.717) is 19.4 Å². The van der Waals surface area contributed by atoms with E-state index in [1.807, 2.05) is 18.2 Å². The molecule has 0 radical (unpaired) electrons. The van der Waals surface area contributed by atoms with Gasteiger partial charge in [0.25, 0.3) is 0 Å². The molecule has 1 aliphatic heterocycles. The van der Waals surface area contributed by atoms with Crippen molar-refractivity contribution in [3.05, 3.63) is 60.2 Å². The van der Waals surface area contributed by atoms with Crippen LogP contribution in [0.15, 0.2) is 54.6 Å². The molecular formula is C20H25N3O2S. The highest BCUT2D eigenvalue weighted by Crippen LogP contribution is 2.20. The second-order valence-electron chi connectivity index (χ2n) is 6.72. The average Bonchev–Trinajstić information content (AvgIpc) is 3.09.